The van der Waals surface area contributed by atoms with Gasteiger partial charge in [0.1, 0.15) is 0 Å². The molecule has 1 aromatic carbocycles. The van der Waals surface area contributed by atoms with Crippen molar-refractivity contribution in [2.24, 2.45) is 5.92 Å². The second-order valence-electron chi connectivity index (χ2n) is 4.94. The monoisotopic (exact) mass is 238 g/mol. The van der Waals surface area contributed by atoms with E-state index in [1.807, 2.05) is 0 Å². The molecule has 1 aromatic rings. The number of rotatable bonds is 5. The van der Waals surface area contributed by atoms with E-state index in [2.05, 4.69) is 45.9 Å². The first-order valence-electron chi connectivity index (χ1n) is 6.27. The molecular formula is C15H23Cl. The van der Waals surface area contributed by atoms with Crippen molar-refractivity contribution < 1.29 is 0 Å². The van der Waals surface area contributed by atoms with Crippen molar-refractivity contribution in [2.45, 2.75) is 52.3 Å². The molecule has 0 spiro atoms. The Morgan fingerprint density at radius 1 is 1.12 bits per heavy atom. The Morgan fingerprint density at radius 2 is 1.81 bits per heavy atom. The van der Waals surface area contributed by atoms with Gasteiger partial charge in [-0.3, -0.25) is 0 Å². The summed E-state index contributed by atoms with van der Waals surface area (Å²) >= 11 is 6.02. The van der Waals surface area contributed by atoms with Gasteiger partial charge in [0.15, 0.2) is 0 Å². The third-order valence-electron chi connectivity index (χ3n) is 3.42. The zero-order chi connectivity index (χ0) is 12.1. The third-order valence-corrected chi connectivity index (χ3v) is 3.71. The van der Waals surface area contributed by atoms with Crippen LogP contribution in [0.2, 0.25) is 0 Å². The molecule has 0 N–H and O–H groups in total. The summed E-state index contributed by atoms with van der Waals surface area (Å²) in [5, 5.41) is 0. The van der Waals surface area contributed by atoms with Crippen molar-refractivity contribution in [1.82, 2.24) is 0 Å². The van der Waals surface area contributed by atoms with Gasteiger partial charge in [0.25, 0.3) is 0 Å². The number of halogens is 1. The fraction of sp³-hybridized carbons (Fsp3) is 0.600. The average Bonchev–Trinajstić information content (AvgIpc) is 2.29. The highest BCUT2D eigenvalue weighted by atomic mass is 35.5. The predicted octanol–water partition coefficient (Wildman–Crippen LogP) is 5.14. The first kappa shape index (κ1) is 13.6. The summed E-state index contributed by atoms with van der Waals surface area (Å²) in [7, 11) is 0. The molecule has 1 rings (SSSR count). The van der Waals surface area contributed by atoms with Gasteiger partial charge in [0.2, 0.25) is 0 Å². The molecule has 0 fully saturated rings. The van der Waals surface area contributed by atoms with Crippen LogP contribution in [0.1, 0.15) is 56.7 Å². The number of aryl methyl sites for hydroxylation is 1. The number of alkyl halides is 1. The van der Waals surface area contributed by atoms with Crippen LogP contribution in [0.25, 0.3) is 0 Å². The molecule has 16 heavy (non-hydrogen) atoms. The third kappa shape index (κ3) is 3.25. The summed E-state index contributed by atoms with van der Waals surface area (Å²) in [5.41, 5.74) is 4.15. The quantitative estimate of drug-likeness (QED) is 0.624. The second-order valence-corrected chi connectivity index (χ2v) is 5.21. The summed E-state index contributed by atoms with van der Waals surface area (Å²) in [6, 6.07) is 6.82. The topological polar surface area (TPSA) is 0 Å². The lowest BCUT2D eigenvalue weighted by Crippen LogP contribution is -2.03. The standard InChI is InChI=1S/C15H23Cl/c1-5-6-13-7-8-14(9-15(13)10-16)12(4)11(2)3/h7-9,11-12H,5-6,10H2,1-4H3. The lowest BCUT2D eigenvalue weighted by Gasteiger charge is -2.18. The van der Waals surface area contributed by atoms with Gasteiger partial charge in [-0.1, -0.05) is 52.3 Å². The Balaban J connectivity index is 2.99. The van der Waals surface area contributed by atoms with E-state index in [1.54, 1.807) is 0 Å². The van der Waals surface area contributed by atoms with Crippen molar-refractivity contribution >= 4 is 11.6 Å². The first-order valence-corrected chi connectivity index (χ1v) is 6.81. The molecule has 90 valence electrons. The molecule has 0 amide bonds. The summed E-state index contributed by atoms with van der Waals surface area (Å²) in [6.45, 7) is 9.04. The number of hydrogen-bond acceptors (Lipinski definition) is 0. The van der Waals surface area contributed by atoms with Crippen LogP contribution in [0.5, 0.6) is 0 Å². The summed E-state index contributed by atoms with van der Waals surface area (Å²) in [6.07, 6.45) is 2.32. The molecule has 1 atom stereocenters. The maximum atomic E-state index is 6.02. The van der Waals surface area contributed by atoms with Gasteiger partial charge in [-0.2, -0.15) is 0 Å². The van der Waals surface area contributed by atoms with Gasteiger partial charge in [-0.05, 0) is 34.9 Å². The number of benzene rings is 1. The SMILES string of the molecule is CCCc1ccc(C(C)C(C)C)cc1CCl. The summed E-state index contributed by atoms with van der Waals surface area (Å²) in [5.74, 6) is 1.92. The normalized spacial score (nSPS) is 13.1. The van der Waals surface area contributed by atoms with Gasteiger partial charge in [-0.25, -0.2) is 0 Å². The van der Waals surface area contributed by atoms with Crippen LogP contribution in [0, 0.1) is 5.92 Å². The molecule has 1 heteroatoms. The lowest BCUT2D eigenvalue weighted by atomic mass is 9.88. The minimum atomic E-state index is 0.609. The van der Waals surface area contributed by atoms with Crippen LogP contribution < -0.4 is 0 Å². The summed E-state index contributed by atoms with van der Waals surface area (Å²) < 4.78 is 0. The largest absolute Gasteiger partial charge is 0.122 e. The van der Waals surface area contributed by atoms with E-state index < -0.39 is 0 Å². The van der Waals surface area contributed by atoms with Gasteiger partial charge < -0.3 is 0 Å². The van der Waals surface area contributed by atoms with Crippen molar-refractivity contribution in [1.29, 1.82) is 0 Å². The van der Waals surface area contributed by atoms with E-state index in [-0.39, 0.29) is 0 Å². The van der Waals surface area contributed by atoms with Crippen molar-refractivity contribution in [2.75, 3.05) is 0 Å². The van der Waals surface area contributed by atoms with Crippen LogP contribution >= 0.6 is 11.6 Å². The van der Waals surface area contributed by atoms with E-state index in [0.29, 0.717) is 17.7 Å². The molecule has 0 aliphatic heterocycles. The minimum absolute atomic E-state index is 0.609. The lowest BCUT2D eigenvalue weighted by molar-refractivity contribution is 0.534. The minimum Gasteiger partial charge on any atom is -0.122 e. The highest BCUT2D eigenvalue weighted by Crippen LogP contribution is 2.26. The maximum Gasteiger partial charge on any atom is 0.0476 e. The highest BCUT2D eigenvalue weighted by Gasteiger charge is 2.11. The van der Waals surface area contributed by atoms with Crippen LogP contribution in [0.3, 0.4) is 0 Å². The maximum absolute atomic E-state index is 6.02. The Hall–Kier alpha value is -0.490. The first-order chi connectivity index (χ1) is 7.60. The summed E-state index contributed by atoms with van der Waals surface area (Å²) in [4.78, 5) is 0. The molecule has 0 radical (unpaired) electrons. The zero-order valence-corrected chi connectivity index (χ0v) is 11.6. The molecule has 0 bridgehead atoms. The average molecular weight is 239 g/mol. The predicted molar refractivity (Wildman–Crippen MR) is 73.2 cm³/mol. The molecular weight excluding hydrogens is 216 g/mol. The molecule has 0 saturated carbocycles. The second kappa shape index (κ2) is 6.30. The van der Waals surface area contributed by atoms with Crippen LogP contribution in [0.4, 0.5) is 0 Å². The van der Waals surface area contributed by atoms with Crippen molar-refractivity contribution in [3.63, 3.8) is 0 Å². The van der Waals surface area contributed by atoms with Gasteiger partial charge in [0, 0.05) is 5.88 Å². The Kier molecular flexibility index (Phi) is 5.34. The van der Waals surface area contributed by atoms with Crippen LogP contribution in [-0.4, -0.2) is 0 Å². The number of hydrogen-bond donors (Lipinski definition) is 0. The molecule has 1 unspecified atom stereocenters. The van der Waals surface area contributed by atoms with Crippen LogP contribution in [0.15, 0.2) is 18.2 Å². The van der Waals surface area contributed by atoms with Crippen molar-refractivity contribution in [3.05, 3.63) is 34.9 Å². The Bertz CT molecular complexity index is 328. The van der Waals surface area contributed by atoms with E-state index in [0.717, 1.165) is 6.42 Å². The van der Waals surface area contributed by atoms with Gasteiger partial charge in [-0.15, -0.1) is 11.6 Å². The molecule has 0 saturated heterocycles. The smallest absolute Gasteiger partial charge is 0.0476 e. The van der Waals surface area contributed by atoms with Crippen molar-refractivity contribution in [3.8, 4) is 0 Å². The zero-order valence-electron chi connectivity index (χ0n) is 10.9. The molecule has 0 aliphatic carbocycles. The fourth-order valence-electron chi connectivity index (χ4n) is 1.95. The van der Waals surface area contributed by atoms with E-state index in [9.17, 15) is 0 Å². The van der Waals surface area contributed by atoms with E-state index >= 15 is 0 Å². The highest BCUT2D eigenvalue weighted by molar-refractivity contribution is 6.17. The van der Waals surface area contributed by atoms with Crippen LogP contribution in [-0.2, 0) is 12.3 Å². The van der Waals surface area contributed by atoms with Gasteiger partial charge in [0.05, 0.1) is 0 Å². The Labute approximate surface area is 105 Å². The van der Waals surface area contributed by atoms with E-state index in [1.165, 1.54) is 23.1 Å². The molecule has 0 aliphatic rings. The molecule has 0 heterocycles. The fourth-order valence-corrected chi connectivity index (χ4v) is 2.20. The Morgan fingerprint density at radius 3 is 2.31 bits per heavy atom. The van der Waals surface area contributed by atoms with Gasteiger partial charge >= 0.3 is 0 Å². The molecule has 0 aromatic heterocycles. The molecule has 0 nitrogen and oxygen atoms in total. The van der Waals surface area contributed by atoms with E-state index in [4.69, 9.17) is 11.6 Å².